The molecule has 2 N–H and O–H groups in total. The van der Waals surface area contributed by atoms with Gasteiger partial charge in [0.15, 0.2) is 10.8 Å². The minimum absolute atomic E-state index is 0.104. The molecule has 160 valence electrons. The summed E-state index contributed by atoms with van der Waals surface area (Å²) in [7, 11) is 1.63. The van der Waals surface area contributed by atoms with Crippen LogP contribution < -0.4 is 10.1 Å². The van der Waals surface area contributed by atoms with Crippen molar-refractivity contribution in [2.75, 3.05) is 18.2 Å². The van der Waals surface area contributed by atoms with Gasteiger partial charge in [-0.05, 0) is 30.3 Å². The molecular weight excluding hydrogens is 444 g/mol. The van der Waals surface area contributed by atoms with Crippen LogP contribution in [0.4, 0.5) is 5.13 Å². The van der Waals surface area contributed by atoms with Gasteiger partial charge in [-0.1, -0.05) is 30.0 Å². The Morgan fingerprint density at radius 2 is 1.97 bits per heavy atom. The van der Waals surface area contributed by atoms with E-state index in [9.17, 15) is 4.79 Å². The smallest absolute Gasteiger partial charge is 0.226 e. The molecule has 3 aromatic heterocycles. The summed E-state index contributed by atoms with van der Waals surface area (Å²) < 4.78 is 5.18. The van der Waals surface area contributed by atoms with Gasteiger partial charge in [0.2, 0.25) is 11.1 Å². The molecule has 2 aromatic carbocycles. The number of benzene rings is 2. The number of para-hydroxylation sites is 1. The van der Waals surface area contributed by atoms with Gasteiger partial charge in [-0.3, -0.25) is 4.79 Å². The molecule has 0 unspecified atom stereocenters. The Morgan fingerprint density at radius 3 is 2.81 bits per heavy atom. The first-order valence-electron chi connectivity index (χ1n) is 9.83. The number of hydrogen-bond donors (Lipinski definition) is 2. The lowest BCUT2D eigenvalue weighted by Crippen LogP contribution is -2.12. The summed E-state index contributed by atoms with van der Waals surface area (Å²) in [5.41, 5.74) is 4.20. The Kier molecular flexibility index (Phi) is 5.70. The molecule has 5 rings (SSSR count). The van der Waals surface area contributed by atoms with Gasteiger partial charge in [-0.25, -0.2) is 9.97 Å². The molecule has 0 radical (unpaired) electrons. The highest BCUT2D eigenvalue weighted by atomic mass is 32.2. The Balaban J connectivity index is 1.17. The number of hydrogen-bond acceptors (Lipinski definition) is 8. The van der Waals surface area contributed by atoms with Crippen molar-refractivity contribution in [1.82, 2.24) is 25.1 Å². The molecule has 10 heteroatoms. The van der Waals surface area contributed by atoms with E-state index in [0.717, 1.165) is 33.4 Å². The number of carbonyl (C=O) groups is 1. The molecule has 5 aromatic rings. The number of aromatic amines is 1. The molecule has 8 nitrogen and oxygen atoms in total. The van der Waals surface area contributed by atoms with Gasteiger partial charge in [0.1, 0.15) is 11.3 Å². The molecule has 0 saturated heterocycles. The van der Waals surface area contributed by atoms with E-state index in [-0.39, 0.29) is 5.91 Å². The van der Waals surface area contributed by atoms with Crippen LogP contribution in [-0.2, 0) is 4.79 Å². The number of anilines is 1. The number of rotatable bonds is 7. The minimum atomic E-state index is -0.104. The lowest BCUT2D eigenvalue weighted by atomic mass is 10.2. The summed E-state index contributed by atoms with van der Waals surface area (Å²) in [6.07, 6.45) is 0.316. The first-order chi connectivity index (χ1) is 15.7. The fourth-order valence-corrected chi connectivity index (χ4v) is 4.67. The van der Waals surface area contributed by atoms with Crippen LogP contribution in [0.2, 0.25) is 0 Å². The van der Waals surface area contributed by atoms with Crippen molar-refractivity contribution < 1.29 is 9.53 Å². The Labute approximate surface area is 191 Å². The highest BCUT2D eigenvalue weighted by Crippen LogP contribution is 2.27. The number of carbonyl (C=O) groups excluding carboxylic acids is 1. The van der Waals surface area contributed by atoms with Crippen molar-refractivity contribution in [3.05, 3.63) is 53.9 Å². The van der Waals surface area contributed by atoms with Crippen LogP contribution in [0, 0.1) is 0 Å². The van der Waals surface area contributed by atoms with Crippen LogP contribution >= 0.6 is 23.1 Å². The number of nitrogens with one attached hydrogen (secondary N) is 2. The van der Waals surface area contributed by atoms with E-state index >= 15 is 0 Å². The van der Waals surface area contributed by atoms with E-state index in [1.807, 2.05) is 53.9 Å². The summed E-state index contributed by atoms with van der Waals surface area (Å²) in [6, 6.07) is 15.5. The van der Waals surface area contributed by atoms with E-state index < -0.39 is 0 Å². The topological polar surface area (TPSA) is 106 Å². The number of fused-ring (bicyclic) bond motifs is 3. The van der Waals surface area contributed by atoms with Gasteiger partial charge in [0.25, 0.3) is 0 Å². The molecule has 0 fully saturated rings. The minimum Gasteiger partial charge on any atom is -0.497 e. The number of thioether (sulfide) groups is 1. The predicted molar refractivity (Wildman–Crippen MR) is 127 cm³/mol. The number of ether oxygens (including phenoxy) is 1. The van der Waals surface area contributed by atoms with Gasteiger partial charge in [-0.15, -0.1) is 21.5 Å². The molecule has 1 amide bonds. The SMILES string of the molecule is COc1ccc(-c2csc(NC(=O)CCSc3nnc4c(n3)[nH]c3ccccc34)n2)cc1. The fourth-order valence-electron chi connectivity index (χ4n) is 3.21. The summed E-state index contributed by atoms with van der Waals surface area (Å²) >= 11 is 2.79. The largest absolute Gasteiger partial charge is 0.497 e. The third kappa shape index (κ3) is 4.27. The zero-order valence-corrected chi connectivity index (χ0v) is 18.7. The average Bonchev–Trinajstić information content (AvgIpc) is 3.43. The standard InChI is InChI=1S/C22H18N6O2S2/c1-30-14-8-6-13(7-9-14)17-12-32-21(24-17)25-18(29)10-11-31-22-26-20-19(27-28-22)15-4-2-3-5-16(15)23-20/h2-9,12H,10-11H2,1H3,(H,23,26,28)(H,24,25,29). The molecule has 0 aliphatic carbocycles. The van der Waals surface area contributed by atoms with E-state index in [1.165, 1.54) is 23.1 Å². The van der Waals surface area contributed by atoms with E-state index in [1.54, 1.807) is 7.11 Å². The maximum atomic E-state index is 12.3. The Bertz CT molecular complexity index is 1400. The van der Waals surface area contributed by atoms with Gasteiger partial charge in [0.05, 0.1) is 12.8 Å². The Morgan fingerprint density at radius 1 is 1.12 bits per heavy atom. The van der Waals surface area contributed by atoms with Gasteiger partial charge < -0.3 is 15.0 Å². The molecule has 0 atom stereocenters. The molecule has 0 spiro atoms. The second-order valence-electron chi connectivity index (χ2n) is 6.88. The fraction of sp³-hybridized carbons (Fsp3) is 0.136. The molecule has 0 aliphatic heterocycles. The van der Waals surface area contributed by atoms with Crippen molar-refractivity contribution in [3.8, 4) is 17.0 Å². The number of methoxy groups -OCH3 is 1. The normalized spacial score (nSPS) is 11.2. The van der Waals surface area contributed by atoms with Crippen LogP contribution in [0.15, 0.2) is 59.1 Å². The molecular formula is C22H18N6O2S2. The lowest BCUT2D eigenvalue weighted by molar-refractivity contribution is -0.115. The first kappa shape index (κ1) is 20.4. The maximum absolute atomic E-state index is 12.3. The van der Waals surface area contributed by atoms with Crippen molar-refractivity contribution in [2.24, 2.45) is 0 Å². The number of H-pyrrole nitrogens is 1. The van der Waals surface area contributed by atoms with Crippen molar-refractivity contribution in [1.29, 1.82) is 0 Å². The van der Waals surface area contributed by atoms with Crippen molar-refractivity contribution in [3.63, 3.8) is 0 Å². The second kappa shape index (κ2) is 8.93. The molecule has 3 heterocycles. The third-order valence-corrected chi connectivity index (χ3v) is 6.40. The van der Waals surface area contributed by atoms with E-state index in [2.05, 4.69) is 30.5 Å². The molecule has 0 aliphatic rings. The van der Waals surface area contributed by atoms with E-state index in [0.29, 0.717) is 28.1 Å². The highest BCUT2D eigenvalue weighted by molar-refractivity contribution is 7.99. The maximum Gasteiger partial charge on any atom is 0.226 e. The molecule has 0 saturated carbocycles. The molecule has 32 heavy (non-hydrogen) atoms. The van der Waals surface area contributed by atoms with Gasteiger partial charge in [0, 0.05) is 34.0 Å². The predicted octanol–water partition coefficient (Wildman–Crippen LogP) is 4.76. The van der Waals surface area contributed by atoms with Crippen molar-refractivity contribution in [2.45, 2.75) is 11.6 Å². The van der Waals surface area contributed by atoms with Crippen LogP contribution in [0.3, 0.4) is 0 Å². The van der Waals surface area contributed by atoms with Crippen LogP contribution in [0.1, 0.15) is 6.42 Å². The number of nitrogens with zero attached hydrogens (tertiary/aromatic N) is 4. The summed E-state index contributed by atoms with van der Waals surface area (Å²) in [5, 5.41) is 15.4. The summed E-state index contributed by atoms with van der Waals surface area (Å²) in [4.78, 5) is 24.6. The van der Waals surface area contributed by atoms with Crippen LogP contribution in [-0.4, -0.2) is 43.9 Å². The number of amides is 1. The van der Waals surface area contributed by atoms with Crippen LogP contribution in [0.5, 0.6) is 5.75 Å². The lowest BCUT2D eigenvalue weighted by Gasteiger charge is -2.02. The number of aromatic nitrogens is 5. The summed E-state index contributed by atoms with van der Waals surface area (Å²) in [5.74, 6) is 1.22. The van der Waals surface area contributed by atoms with Crippen molar-refractivity contribution >= 4 is 56.2 Å². The zero-order chi connectivity index (χ0) is 21.9. The average molecular weight is 463 g/mol. The third-order valence-electron chi connectivity index (χ3n) is 4.80. The van der Waals surface area contributed by atoms with Crippen LogP contribution in [0.25, 0.3) is 33.3 Å². The van der Waals surface area contributed by atoms with E-state index in [4.69, 9.17) is 4.74 Å². The Hall–Kier alpha value is -3.50. The van der Waals surface area contributed by atoms with Gasteiger partial charge in [-0.2, -0.15) is 0 Å². The zero-order valence-electron chi connectivity index (χ0n) is 17.0. The highest BCUT2D eigenvalue weighted by Gasteiger charge is 2.11. The summed E-state index contributed by atoms with van der Waals surface area (Å²) in [6.45, 7) is 0. The first-order valence-corrected chi connectivity index (χ1v) is 11.7. The second-order valence-corrected chi connectivity index (χ2v) is 8.80. The monoisotopic (exact) mass is 462 g/mol. The quantitative estimate of drug-likeness (QED) is 0.336. The molecule has 0 bridgehead atoms. The van der Waals surface area contributed by atoms with Gasteiger partial charge >= 0.3 is 0 Å². The number of thiazole rings is 1.